The van der Waals surface area contributed by atoms with Crippen LogP contribution in [-0.2, 0) is 0 Å². The van der Waals surface area contributed by atoms with Gasteiger partial charge in [-0.2, -0.15) is 0 Å². The van der Waals surface area contributed by atoms with E-state index in [0.717, 1.165) is 22.6 Å². The average molecular weight is 377 g/mol. The molecule has 1 aromatic heterocycles. The first-order chi connectivity index (χ1) is 11.1. The third-order valence-electron chi connectivity index (χ3n) is 3.47. The Morgan fingerprint density at radius 3 is 2.48 bits per heavy atom. The SMILES string of the molecule is COc1cccc(OC)c1N1NC(c2cncc(C)c2)=NC1Br. The van der Waals surface area contributed by atoms with Gasteiger partial charge in [0.1, 0.15) is 17.2 Å². The molecule has 2 heterocycles. The molecule has 1 unspecified atom stereocenters. The lowest BCUT2D eigenvalue weighted by molar-refractivity contribution is 0.393. The molecule has 0 saturated carbocycles. The zero-order chi connectivity index (χ0) is 16.4. The number of halogens is 1. The molecule has 0 amide bonds. The van der Waals surface area contributed by atoms with Crippen molar-refractivity contribution >= 4 is 27.5 Å². The van der Waals surface area contributed by atoms with E-state index < -0.39 is 0 Å². The highest BCUT2D eigenvalue weighted by atomic mass is 79.9. The van der Waals surface area contributed by atoms with Crippen molar-refractivity contribution < 1.29 is 9.47 Å². The smallest absolute Gasteiger partial charge is 0.198 e. The molecule has 0 saturated heterocycles. The van der Waals surface area contributed by atoms with Crippen LogP contribution < -0.4 is 19.9 Å². The highest BCUT2D eigenvalue weighted by molar-refractivity contribution is 9.09. The number of anilines is 1. The summed E-state index contributed by atoms with van der Waals surface area (Å²) in [5.41, 5.74) is 6.06. The van der Waals surface area contributed by atoms with Crippen molar-refractivity contribution in [2.75, 3.05) is 19.2 Å². The van der Waals surface area contributed by atoms with Gasteiger partial charge in [0, 0.05) is 18.0 Å². The van der Waals surface area contributed by atoms with Crippen molar-refractivity contribution in [2.45, 2.75) is 12.0 Å². The molecular weight excluding hydrogens is 360 g/mol. The number of pyridine rings is 1. The molecule has 7 heteroatoms. The Bertz CT molecular complexity index is 728. The van der Waals surface area contributed by atoms with E-state index in [4.69, 9.17) is 9.47 Å². The number of nitrogens with zero attached hydrogens (tertiary/aromatic N) is 3. The third-order valence-corrected chi connectivity index (χ3v) is 4.08. The number of hydrogen-bond acceptors (Lipinski definition) is 6. The summed E-state index contributed by atoms with van der Waals surface area (Å²) in [6.07, 6.45) is 3.59. The Labute approximate surface area is 143 Å². The summed E-state index contributed by atoms with van der Waals surface area (Å²) >= 11 is 3.57. The van der Waals surface area contributed by atoms with Gasteiger partial charge in [-0.25, -0.2) is 10.0 Å². The van der Waals surface area contributed by atoms with Crippen molar-refractivity contribution in [1.29, 1.82) is 0 Å². The van der Waals surface area contributed by atoms with Gasteiger partial charge >= 0.3 is 0 Å². The second-order valence-electron chi connectivity index (χ2n) is 5.03. The van der Waals surface area contributed by atoms with Crippen LogP contribution in [0, 0.1) is 6.92 Å². The fourth-order valence-corrected chi connectivity index (χ4v) is 2.93. The third kappa shape index (κ3) is 2.96. The molecule has 120 valence electrons. The number of aromatic nitrogens is 1. The van der Waals surface area contributed by atoms with Crippen LogP contribution in [0.25, 0.3) is 0 Å². The largest absolute Gasteiger partial charge is 0.494 e. The Morgan fingerprint density at radius 1 is 1.17 bits per heavy atom. The Morgan fingerprint density at radius 2 is 1.87 bits per heavy atom. The lowest BCUT2D eigenvalue weighted by Crippen LogP contribution is -2.39. The second kappa shape index (κ2) is 6.45. The molecule has 0 spiro atoms. The number of hydrogen-bond donors (Lipinski definition) is 1. The summed E-state index contributed by atoms with van der Waals surface area (Å²) in [7, 11) is 3.26. The van der Waals surface area contributed by atoms with Gasteiger partial charge in [-0.15, -0.1) is 0 Å². The zero-order valence-corrected chi connectivity index (χ0v) is 14.7. The highest BCUT2D eigenvalue weighted by Crippen LogP contribution is 2.40. The van der Waals surface area contributed by atoms with Crippen molar-refractivity contribution in [1.82, 2.24) is 10.4 Å². The Kier molecular flexibility index (Phi) is 4.38. The number of alkyl halides is 1. The molecule has 23 heavy (non-hydrogen) atoms. The minimum absolute atomic E-state index is 0.289. The van der Waals surface area contributed by atoms with Gasteiger partial charge in [-0.05, 0) is 46.6 Å². The van der Waals surface area contributed by atoms with E-state index >= 15 is 0 Å². The number of amidine groups is 1. The van der Waals surface area contributed by atoms with E-state index in [1.807, 2.05) is 42.4 Å². The molecule has 6 nitrogen and oxygen atoms in total. The zero-order valence-electron chi connectivity index (χ0n) is 13.1. The predicted molar refractivity (Wildman–Crippen MR) is 93.4 cm³/mol. The number of nitrogens with one attached hydrogen (secondary N) is 1. The fraction of sp³-hybridized carbons (Fsp3) is 0.250. The van der Waals surface area contributed by atoms with Crippen LogP contribution in [0.5, 0.6) is 11.5 Å². The van der Waals surface area contributed by atoms with Crippen LogP contribution in [0.4, 0.5) is 5.69 Å². The number of ether oxygens (including phenoxy) is 2. The van der Waals surface area contributed by atoms with E-state index in [2.05, 4.69) is 31.3 Å². The molecule has 0 bridgehead atoms. The van der Waals surface area contributed by atoms with Gasteiger partial charge in [0.2, 0.25) is 0 Å². The number of benzene rings is 1. The summed E-state index contributed by atoms with van der Waals surface area (Å²) in [6, 6.07) is 7.67. The maximum Gasteiger partial charge on any atom is 0.198 e. The number of hydrazine groups is 1. The van der Waals surface area contributed by atoms with Gasteiger partial charge in [0.25, 0.3) is 0 Å². The van der Waals surface area contributed by atoms with Gasteiger partial charge in [-0.1, -0.05) is 6.07 Å². The van der Waals surface area contributed by atoms with E-state index in [1.54, 1.807) is 20.4 Å². The lowest BCUT2D eigenvalue weighted by Gasteiger charge is -2.25. The molecule has 0 fully saturated rings. The number of aliphatic imine (C=N–C) groups is 1. The van der Waals surface area contributed by atoms with E-state index in [9.17, 15) is 0 Å². The van der Waals surface area contributed by atoms with Gasteiger partial charge in [0.15, 0.2) is 10.9 Å². The standard InChI is InChI=1S/C16H17BrN4O2/c1-10-7-11(9-18-8-10)15-19-16(17)21(20-15)14-12(22-2)5-4-6-13(14)23-3/h4-9,16H,1-3H3,(H,19,20). The molecule has 1 N–H and O–H groups in total. The van der Waals surface area contributed by atoms with Gasteiger partial charge in [-0.3, -0.25) is 10.4 Å². The Hall–Kier alpha value is -2.28. The summed E-state index contributed by atoms with van der Waals surface area (Å²) in [4.78, 5) is 8.82. The molecule has 1 aliphatic rings. The normalized spacial score (nSPS) is 16.8. The first-order valence-electron chi connectivity index (χ1n) is 7.05. The summed E-state index contributed by atoms with van der Waals surface area (Å²) < 4.78 is 10.9. The number of aryl methyl sites for hydroxylation is 1. The molecule has 1 aliphatic heterocycles. The number of methoxy groups -OCH3 is 2. The maximum absolute atomic E-state index is 5.46. The topological polar surface area (TPSA) is 59.0 Å². The van der Waals surface area contributed by atoms with Crippen molar-refractivity contribution in [3.05, 3.63) is 47.8 Å². The average Bonchev–Trinajstić information content (AvgIpc) is 2.95. The van der Waals surface area contributed by atoms with Crippen LogP contribution in [0.15, 0.2) is 41.7 Å². The molecule has 2 aromatic rings. The minimum Gasteiger partial charge on any atom is -0.494 e. The summed E-state index contributed by atoms with van der Waals surface area (Å²) in [6.45, 7) is 2.00. The monoisotopic (exact) mass is 376 g/mol. The fourth-order valence-electron chi connectivity index (χ4n) is 2.42. The molecule has 3 rings (SSSR count). The molecule has 1 atom stereocenters. The second-order valence-corrected chi connectivity index (χ2v) is 5.85. The van der Waals surface area contributed by atoms with Crippen LogP contribution in [0.2, 0.25) is 0 Å². The van der Waals surface area contributed by atoms with Crippen molar-refractivity contribution in [2.24, 2.45) is 4.99 Å². The summed E-state index contributed by atoms with van der Waals surface area (Å²) in [5.74, 6) is 2.12. The van der Waals surface area contributed by atoms with E-state index in [1.165, 1.54) is 0 Å². The Balaban J connectivity index is 1.96. The van der Waals surface area contributed by atoms with Crippen molar-refractivity contribution in [3.63, 3.8) is 0 Å². The van der Waals surface area contributed by atoms with E-state index in [-0.39, 0.29) is 5.08 Å². The maximum atomic E-state index is 5.46. The molecule has 0 radical (unpaired) electrons. The minimum atomic E-state index is -0.289. The first-order valence-corrected chi connectivity index (χ1v) is 7.96. The van der Waals surface area contributed by atoms with Crippen molar-refractivity contribution in [3.8, 4) is 11.5 Å². The van der Waals surface area contributed by atoms with Gasteiger partial charge in [0.05, 0.1) is 14.2 Å². The molecule has 1 aromatic carbocycles. The van der Waals surface area contributed by atoms with Crippen LogP contribution in [0.3, 0.4) is 0 Å². The number of para-hydroxylation sites is 1. The molecular formula is C16H17BrN4O2. The van der Waals surface area contributed by atoms with Gasteiger partial charge < -0.3 is 9.47 Å². The lowest BCUT2D eigenvalue weighted by atomic mass is 10.2. The van der Waals surface area contributed by atoms with E-state index in [0.29, 0.717) is 11.5 Å². The first kappa shape index (κ1) is 15.6. The number of rotatable bonds is 4. The molecule has 0 aliphatic carbocycles. The highest BCUT2D eigenvalue weighted by Gasteiger charge is 2.30. The quantitative estimate of drug-likeness (QED) is 0.656. The van der Waals surface area contributed by atoms with Crippen LogP contribution in [0.1, 0.15) is 11.1 Å². The predicted octanol–water partition coefficient (Wildman–Crippen LogP) is 2.86. The van der Waals surface area contributed by atoms with Crippen LogP contribution >= 0.6 is 15.9 Å². The van der Waals surface area contributed by atoms with Crippen LogP contribution in [-0.4, -0.2) is 30.1 Å². The summed E-state index contributed by atoms with van der Waals surface area (Å²) in [5, 5.41) is 1.57.